The Morgan fingerprint density at radius 3 is 2.31 bits per heavy atom. The van der Waals surface area contributed by atoms with Crippen molar-refractivity contribution in [2.45, 2.75) is 26.1 Å². The lowest BCUT2D eigenvalue weighted by Crippen LogP contribution is -2.35. The van der Waals surface area contributed by atoms with Gasteiger partial charge in [0.15, 0.2) is 0 Å². The van der Waals surface area contributed by atoms with Gasteiger partial charge in [0.1, 0.15) is 0 Å². The lowest BCUT2D eigenvalue weighted by molar-refractivity contribution is -0.137. The van der Waals surface area contributed by atoms with Gasteiger partial charge in [0, 0.05) is 6.20 Å². The summed E-state index contributed by atoms with van der Waals surface area (Å²) < 4.78 is 40.7. The molecule has 4 aromatic rings. The Labute approximate surface area is 199 Å². The van der Waals surface area contributed by atoms with Crippen LogP contribution in [0.15, 0.2) is 79.0 Å². The van der Waals surface area contributed by atoms with Gasteiger partial charge in [0.2, 0.25) is 0 Å². The first-order chi connectivity index (χ1) is 16.7. The number of nitrogens with one attached hydrogen (secondary N) is 1. The van der Waals surface area contributed by atoms with Crippen LogP contribution in [0.4, 0.5) is 13.2 Å². The average molecular weight is 478 g/mol. The summed E-state index contributed by atoms with van der Waals surface area (Å²) >= 11 is 0. The van der Waals surface area contributed by atoms with Crippen LogP contribution in [0.5, 0.6) is 0 Å². The number of benzene rings is 2. The molecule has 2 aromatic carbocycles. The molecule has 1 unspecified atom stereocenters. The quantitative estimate of drug-likeness (QED) is 0.313. The summed E-state index contributed by atoms with van der Waals surface area (Å²) in [5.41, 5.74) is 1.11. The van der Waals surface area contributed by atoms with Gasteiger partial charge in [-0.1, -0.05) is 42.5 Å². The summed E-state index contributed by atoms with van der Waals surface area (Å²) in [6.07, 6.45) is -2.94. The van der Waals surface area contributed by atoms with E-state index in [4.69, 9.17) is 0 Å². The van der Waals surface area contributed by atoms with Crippen molar-refractivity contribution in [1.29, 1.82) is 0 Å². The van der Waals surface area contributed by atoms with Crippen LogP contribution in [0.3, 0.4) is 0 Å². The van der Waals surface area contributed by atoms with E-state index in [1.165, 1.54) is 30.7 Å². The number of hydrogen-bond donors (Lipinski definition) is 1. The highest BCUT2D eigenvalue weighted by Crippen LogP contribution is 2.31. The van der Waals surface area contributed by atoms with E-state index in [-0.39, 0.29) is 22.6 Å². The Kier molecular flexibility index (Phi) is 6.50. The lowest BCUT2D eigenvalue weighted by atomic mass is 10.0. The third-order valence-corrected chi connectivity index (χ3v) is 5.53. The smallest absolute Gasteiger partial charge is 0.337 e. The maximum absolute atomic E-state index is 13.2. The van der Waals surface area contributed by atoms with Crippen LogP contribution in [0.1, 0.15) is 44.6 Å². The van der Waals surface area contributed by atoms with Gasteiger partial charge < -0.3 is 5.32 Å². The normalized spacial score (nSPS) is 12.3. The molecule has 0 aliphatic heterocycles. The van der Waals surface area contributed by atoms with E-state index < -0.39 is 29.5 Å². The van der Waals surface area contributed by atoms with Gasteiger partial charge in [0.05, 0.1) is 39.9 Å². The number of hydrogen-bond acceptors (Lipinski definition) is 4. The minimum atomic E-state index is -4.53. The van der Waals surface area contributed by atoms with Crippen LogP contribution in [-0.4, -0.2) is 26.5 Å². The minimum absolute atomic E-state index is 0.0349. The number of rotatable bonds is 6. The Hall–Kier alpha value is -4.27. The topological polar surface area (TPSA) is 76.9 Å². The number of pyridine rings is 1. The van der Waals surface area contributed by atoms with Crippen molar-refractivity contribution in [3.63, 3.8) is 0 Å². The maximum atomic E-state index is 13.2. The molecule has 1 N–H and O–H groups in total. The largest absolute Gasteiger partial charge is 0.416 e. The van der Waals surface area contributed by atoms with Gasteiger partial charge in [-0.2, -0.15) is 18.3 Å². The summed E-state index contributed by atoms with van der Waals surface area (Å²) in [7, 11) is 0. The van der Waals surface area contributed by atoms with Crippen molar-refractivity contribution >= 4 is 11.7 Å². The number of carbonyl (C=O) groups excluding carboxylic acids is 2. The van der Waals surface area contributed by atoms with Crippen LogP contribution >= 0.6 is 0 Å². The molecule has 6 nitrogen and oxygen atoms in total. The fourth-order valence-corrected chi connectivity index (χ4v) is 3.87. The highest BCUT2D eigenvalue weighted by molar-refractivity contribution is 6.43. The second-order valence-electron chi connectivity index (χ2n) is 7.91. The zero-order valence-corrected chi connectivity index (χ0v) is 18.9. The van der Waals surface area contributed by atoms with E-state index in [1.54, 1.807) is 24.4 Å². The Morgan fingerprint density at radius 1 is 0.943 bits per heavy atom. The number of halogens is 3. The highest BCUT2D eigenvalue weighted by Gasteiger charge is 2.32. The number of ketones is 1. The number of Topliss-reactive ketones (excluding diaryl/α,β-unsaturated/α-hetero) is 1. The van der Waals surface area contributed by atoms with E-state index in [0.717, 1.165) is 17.7 Å². The SMILES string of the molecule is Cc1nn(-c2cccc(C(F)(F)F)c2)c(C)c1C(=O)C(=O)NC(c1ccccc1)c1ccccn1. The summed E-state index contributed by atoms with van der Waals surface area (Å²) in [5.74, 6) is -1.71. The molecule has 35 heavy (non-hydrogen) atoms. The predicted octanol–water partition coefficient (Wildman–Crippen LogP) is 4.99. The van der Waals surface area contributed by atoms with Crippen molar-refractivity contribution in [2.24, 2.45) is 0 Å². The zero-order chi connectivity index (χ0) is 25.2. The summed E-state index contributed by atoms with van der Waals surface area (Å²) in [6.45, 7) is 3.07. The molecule has 0 aliphatic carbocycles. The molecule has 0 spiro atoms. The van der Waals surface area contributed by atoms with Crippen LogP contribution in [0, 0.1) is 13.8 Å². The van der Waals surface area contributed by atoms with Gasteiger partial charge in [-0.25, -0.2) is 4.68 Å². The van der Waals surface area contributed by atoms with E-state index in [9.17, 15) is 22.8 Å². The number of alkyl halides is 3. The first kappa shape index (κ1) is 23.9. The van der Waals surface area contributed by atoms with Gasteiger partial charge in [0.25, 0.3) is 11.7 Å². The summed E-state index contributed by atoms with van der Waals surface area (Å²) in [6, 6.07) is 18.3. The average Bonchev–Trinajstić information content (AvgIpc) is 3.16. The molecule has 178 valence electrons. The number of amides is 1. The molecule has 0 saturated heterocycles. The zero-order valence-electron chi connectivity index (χ0n) is 18.9. The molecular weight excluding hydrogens is 457 g/mol. The van der Waals surface area contributed by atoms with E-state index >= 15 is 0 Å². The van der Waals surface area contributed by atoms with Crippen LogP contribution < -0.4 is 5.32 Å². The second kappa shape index (κ2) is 9.54. The lowest BCUT2D eigenvalue weighted by Gasteiger charge is -2.18. The van der Waals surface area contributed by atoms with Crippen molar-refractivity contribution in [1.82, 2.24) is 20.1 Å². The summed E-state index contributed by atoms with van der Waals surface area (Å²) in [4.78, 5) is 30.6. The predicted molar refractivity (Wildman–Crippen MR) is 123 cm³/mol. The van der Waals surface area contributed by atoms with Gasteiger partial charge in [-0.15, -0.1) is 0 Å². The molecule has 2 heterocycles. The van der Waals surface area contributed by atoms with Crippen LogP contribution in [-0.2, 0) is 11.0 Å². The molecular formula is C26H21F3N4O2. The third kappa shape index (κ3) is 4.98. The molecule has 0 bridgehead atoms. The molecule has 1 atom stereocenters. The van der Waals surface area contributed by atoms with E-state index in [1.807, 2.05) is 30.3 Å². The van der Waals surface area contributed by atoms with Gasteiger partial charge in [-0.05, 0) is 49.7 Å². The number of aromatic nitrogens is 3. The molecule has 0 radical (unpaired) electrons. The first-order valence-electron chi connectivity index (χ1n) is 10.7. The molecule has 0 aliphatic rings. The Morgan fingerprint density at radius 2 is 1.66 bits per heavy atom. The molecule has 2 aromatic heterocycles. The molecule has 9 heteroatoms. The Balaban J connectivity index is 1.66. The third-order valence-electron chi connectivity index (χ3n) is 5.53. The number of nitrogens with zero attached hydrogens (tertiary/aromatic N) is 3. The van der Waals surface area contributed by atoms with Crippen molar-refractivity contribution < 1.29 is 22.8 Å². The molecule has 0 saturated carbocycles. The molecule has 4 rings (SSSR count). The highest BCUT2D eigenvalue weighted by atomic mass is 19.4. The van der Waals surface area contributed by atoms with Gasteiger partial charge in [-0.3, -0.25) is 14.6 Å². The van der Waals surface area contributed by atoms with E-state index in [2.05, 4.69) is 15.4 Å². The van der Waals surface area contributed by atoms with Crippen LogP contribution in [0.2, 0.25) is 0 Å². The minimum Gasteiger partial charge on any atom is -0.337 e. The Bertz CT molecular complexity index is 1330. The fraction of sp³-hybridized carbons (Fsp3) is 0.154. The fourth-order valence-electron chi connectivity index (χ4n) is 3.87. The number of carbonyl (C=O) groups is 2. The van der Waals surface area contributed by atoms with Crippen molar-refractivity contribution in [2.75, 3.05) is 0 Å². The van der Waals surface area contributed by atoms with E-state index in [0.29, 0.717) is 5.69 Å². The summed E-state index contributed by atoms with van der Waals surface area (Å²) in [5, 5.41) is 6.98. The van der Waals surface area contributed by atoms with Crippen LogP contribution in [0.25, 0.3) is 5.69 Å². The maximum Gasteiger partial charge on any atom is 0.416 e. The van der Waals surface area contributed by atoms with Crippen molar-refractivity contribution in [3.05, 3.63) is 113 Å². The second-order valence-corrected chi connectivity index (χ2v) is 7.91. The molecule has 1 amide bonds. The monoisotopic (exact) mass is 478 g/mol. The standard InChI is InChI=1S/C26H21F3N4O2/c1-16-22(17(2)33(32-16)20-12-8-11-19(15-20)26(27,28)29)24(34)25(35)31-23(18-9-4-3-5-10-18)21-13-6-7-14-30-21/h3-15,23H,1-2H3,(H,31,35). The molecule has 0 fully saturated rings. The number of aryl methyl sites for hydroxylation is 1. The van der Waals surface area contributed by atoms with Crippen molar-refractivity contribution in [3.8, 4) is 5.69 Å². The van der Waals surface area contributed by atoms with Gasteiger partial charge >= 0.3 is 6.18 Å². The first-order valence-corrected chi connectivity index (χ1v) is 10.7.